The molecule has 0 aromatic heterocycles. The van der Waals surface area contributed by atoms with Crippen molar-refractivity contribution >= 4 is 11.7 Å². The Balaban J connectivity index is 1.55. The quantitative estimate of drug-likeness (QED) is 0.885. The van der Waals surface area contributed by atoms with Gasteiger partial charge in [-0.15, -0.1) is 0 Å². The van der Waals surface area contributed by atoms with Gasteiger partial charge in [0.15, 0.2) is 0 Å². The van der Waals surface area contributed by atoms with E-state index in [1.165, 1.54) is 11.3 Å². The Bertz CT molecular complexity index is 572. The minimum atomic E-state index is 0.0611. The van der Waals surface area contributed by atoms with Crippen molar-refractivity contribution in [3.8, 4) is 0 Å². The topological polar surface area (TPSA) is 48.0 Å². The summed E-state index contributed by atoms with van der Waals surface area (Å²) in [5.74, 6) is 0. The molecule has 1 unspecified atom stereocenters. The minimum Gasteiger partial charge on any atom is -0.379 e. The number of benzene rings is 1. The first kappa shape index (κ1) is 18.0. The number of anilines is 1. The van der Waals surface area contributed by atoms with Gasteiger partial charge in [-0.3, -0.25) is 4.90 Å². The van der Waals surface area contributed by atoms with Crippen molar-refractivity contribution < 1.29 is 9.53 Å². The van der Waals surface area contributed by atoms with Gasteiger partial charge >= 0.3 is 6.03 Å². The molecule has 0 saturated carbocycles. The van der Waals surface area contributed by atoms with Crippen LogP contribution in [0.3, 0.4) is 0 Å². The maximum atomic E-state index is 12.7. The Kier molecular flexibility index (Phi) is 6.15. The third-order valence-electron chi connectivity index (χ3n) is 5.09. The van der Waals surface area contributed by atoms with E-state index in [9.17, 15) is 4.79 Å². The number of rotatable bonds is 5. The summed E-state index contributed by atoms with van der Waals surface area (Å²) in [7, 11) is 4.09. The van der Waals surface area contributed by atoms with E-state index in [4.69, 9.17) is 4.74 Å². The van der Waals surface area contributed by atoms with E-state index in [2.05, 4.69) is 39.4 Å². The third kappa shape index (κ3) is 4.64. The van der Waals surface area contributed by atoms with Crippen molar-refractivity contribution in [3.05, 3.63) is 29.8 Å². The molecule has 1 aromatic carbocycles. The molecule has 6 nitrogen and oxygen atoms in total. The smallest absolute Gasteiger partial charge is 0.317 e. The number of nitrogens with one attached hydrogen (secondary N) is 1. The molecule has 2 amide bonds. The second kappa shape index (κ2) is 8.54. The van der Waals surface area contributed by atoms with Crippen LogP contribution in [0.5, 0.6) is 0 Å². The Morgan fingerprint density at radius 2 is 2.08 bits per heavy atom. The van der Waals surface area contributed by atoms with Crippen LogP contribution in [0.1, 0.15) is 24.4 Å². The molecule has 3 rings (SSSR count). The molecule has 0 spiro atoms. The van der Waals surface area contributed by atoms with Crippen LogP contribution in [0.15, 0.2) is 24.3 Å². The highest BCUT2D eigenvalue weighted by molar-refractivity contribution is 5.75. The maximum absolute atomic E-state index is 12.7. The van der Waals surface area contributed by atoms with Crippen molar-refractivity contribution in [2.45, 2.75) is 18.9 Å². The standard InChI is InChI=1S/C19H30N4O2/c1-21(2)17-6-3-5-16(15-17)18-7-4-9-23(18)19(24)20-8-10-22-11-13-25-14-12-22/h3,5-6,15,18H,4,7-14H2,1-2H3,(H,20,24). The monoisotopic (exact) mass is 346 g/mol. The highest BCUT2D eigenvalue weighted by atomic mass is 16.5. The molecule has 0 aliphatic carbocycles. The van der Waals surface area contributed by atoms with Crippen LogP contribution >= 0.6 is 0 Å². The largest absolute Gasteiger partial charge is 0.379 e. The number of ether oxygens (including phenoxy) is 1. The number of hydrogen-bond acceptors (Lipinski definition) is 4. The molecule has 2 aliphatic heterocycles. The summed E-state index contributed by atoms with van der Waals surface area (Å²) in [6, 6.07) is 8.76. The Morgan fingerprint density at radius 3 is 2.84 bits per heavy atom. The van der Waals surface area contributed by atoms with E-state index in [0.29, 0.717) is 6.54 Å². The summed E-state index contributed by atoms with van der Waals surface area (Å²) >= 11 is 0. The Labute approximate surface area is 150 Å². The molecule has 1 atom stereocenters. The molecular formula is C19H30N4O2. The van der Waals surface area contributed by atoms with E-state index in [1.807, 2.05) is 19.0 Å². The van der Waals surface area contributed by atoms with Crippen LogP contribution in [0, 0.1) is 0 Å². The van der Waals surface area contributed by atoms with Crippen molar-refractivity contribution in [1.29, 1.82) is 0 Å². The molecule has 1 N–H and O–H groups in total. The minimum absolute atomic E-state index is 0.0611. The van der Waals surface area contributed by atoms with Crippen LogP contribution < -0.4 is 10.2 Å². The lowest BCUT2D eigenvalue weighted by Crippen LogP contribution is -2.45. The number of nitrogens with zero attached hydrogens (tertiary/aromatic N) is 3. The number of urea groups is 1. The van der Waals surface area contributed by atoms with Crippen LogP contribution in [0.25, 0.3) is 0 Å². The third-order valence-corrected chi connectivity index (χ3v) is 5.09. The van der Waals surface area contributed by atoms with Crippen LogP contribution in [0.2, 0.25) is 0 Å². The molecular weight excluding hydrogens is 316 g/mol. The fourth-order valence-corrected chi connectivity index (χ4v) is 3.61. The SMILES string of the molecule is CN(C)c1cccc(C2CCCN2C(=O)NCCN2CCOCC2)c1. The van der Waals surface area contributed by atoms with E-state index in [0.717, 1.165) is 52.2 Å². The van der Waals surface area contributed by atoms with E-state index in [1.54, 1.807) is 0 Å². The molecule has 2 saturated heterocycles. The molecule has 2 fully saturated rings. The Hall–Kier alpha value is -1.79. The second-order valence-electron chi connectivity index (χ2n) is 7.03. The zero-order valence-corrected chi connectivity index (χ0v) is 15.4. The normalized spacial score (nSPS) is 21.4. The average molecular weight is 346 g/mol. The summed E-state index contributed by atoms with van der Waals surface area (Å²) in [6.45, 7) is 5.93. The maximum Gasteiger partial charge on any atom is 0.317 e. The van der Waals surface area contributed by atoms with Crippen LogP contribution in [-0.2, 0) is 4.74 Å². The predicted molar refractivity (Wildman–Crippen MR) is 100 cm³/mol. The molecule has 25 heavy (non-hydrogen) atoms. The lowest BCUT2D eigenvalue weighted by molar-refractivity contribution is 0.0385. The van der Waals surface area contributed by atoms with Gasteiger partial charge in [-0.2, -0.15) is 0 Å². The van der Waals surface area contributed by atoms with Gasteiger partial charge in [-0.05, 0) is 30.5 Å². The molecule has 2 aliphatic rings. The summed E-state index contributed by atoms with van der Waals surface area (Å²) < 4.78 is 5.36. The number of morpholine rings is 1. The average Bonchev–Trinajstić information content (AvgIpc) is 3.12. The zero-order chi connectivity index (χ0) is 17.6. The first-order valence-corrected chi connectivity index (χ1v) is 9.27. The van der Waals surface area contributed by atoms with Gasteiger partial charge in [0, 0.05) is 52.5 Å². The van der Waals surface area contributed by atoms with Crippen LogP contribution in [-0.4, -0.2) is 75.9 Å². The lowest BCUT2D eigenvalue weighted by Gasteiger charge is -2.28. The van der Waals surface area contributed by atoms with E-state index >= 15 is 0 Å². The van der Waals surface area contributed by atoms with Crippen molar-refractivity contribution in [2.75, 3.05) is 64.9 Å². The fourth-order valence-electron chi connectivity index (χ4n) is 3.61. The van der Waals surface area contributed by atoms with Gasteiger partial charge < -0.3 is 19.9 Å². The van der Waals surface area contributed by atoms with E-state index in [-0.39, 0.29) is 12.1 Å². The summed E-state index contributed by atoms with van der Waals surface area (Å²) in [4.78, 5) is 19.1. The van der Waals surface area contributed by atoms with Gasteiger partial charge in [0.25, 0.3) is 0 Å². The number of carbonyl (C=O) groups is 1. The van der Waals surface area contributed by atoms with Gasteiger partial charge in [-0.25, -0.2) is 4.79 Å². The van der Waals surface area contributed by atoms with E-state index < -0.39 is 0 Å². The summed E-state index contributed by atoms with van der Waals surface area (Å²) in [5.41, 5.74) is 2.41. The fraction of sp³-hybridized carbons (Fsp3) is 0.632. The van der Waals surface area contributed by atoms with Crippen LogP contribution in [0.4, 0.5) is 10.5 Å². The molecule has 0 bridgehead atoms. The van der Waals surface area contributed by atoms with Crippen molar-refractivity contribution in [3.63, 3.8) is 0 Å². The van der Waals surface area contributed by atoms with Gasteiger partial charge in [0.05, 0.1) is 19.3 Å². The van der Waals surface area contributed by atoms with Gasteiger partial charge in [-0.1, -0.05) is 12.1 Å². The Morgan fingerprint density at radius 1 is 1.28 bits per heavy atom. The molecule has 2 heterocycles. The first-order chi connectivity index (χ1) is 12.1. The molecule has 0 radical (unpaired) electrons. The van der Waals surface area contributed by atoms with Gasteiger partial charge in [0.2, 0.25) is 0 Å². The first-order valence-electron chi connectivity index (χ1n) is 9.27. The number of hydrogen-bond donors (Lipinski definition) is 1. The molecule has 138 valence electrons. The number of likely N-dealkylation sites (tertiary alicyclic amines) is 1. The molecule has 1 aromatic rings. The number of carbonyl (C=O) groups excluding carboxylic acids is 1. The van der Waals surface area contributed by atoms with Crippen molar-refractivity contribution in [2.24, 2.45) is 0 Å². The molecule has 6 heteroatoms. The zero-order valence-electron chi connectivity index (χ0n) is 15.4. The summed E-state index contributed by atoms with van der Waals surface area (Å²) in [6.07, 6.45) is 2.10. The predicted octanol–water partition coefficient (Wildman–Crippen LogP) is 1.93. The second-order valence-corrected chi connectivity index (χ2v) is 7.03. The summed E-state index contributed by atoms with van der Waals surface area (Å²) in [5, 5.41) is 3.10. The number of amides is 2. The highest BCUT2D eigenvalue weighted by Crippen LogP contribution is 2.33. The van der Waals surface area contributed by atoms with Gasteiger partial charge in [0.1, 0.15) is 0 Å². The van der Waals surface area contributed by atoms with Crippen molar-refractivity contribution in [1.82, 2.24) is 15.1 Å². The lowest BCUT2D eigenvalue weighted by atomic mass is 10.0. The highest BCUT2D eigenvalue weighted by Gasteiger charge is 2.30.